The number of aromatic nitrogens is 1. The summed E-state index contributed by atoms with van der Waals surface area (Å²) in [6.45, 7) is 4.17. The summed E-state index contributed by atoms with van der Waals surface area (Å²) >= 11 is 1.46. The summed E-state index contributed by atoms with van der Waals surface area (Å²) in [5, 5.41) is 2.57. The third-order valence-corrected chi connectivity index (χ3v) is 4.45. The second kappa shape index (κ2) is 6.91. The average Bonchev–Trinajstić information content (AvgIpc) is 2.95. The summed E-state index contributed by atoms with van der Waals surface area (Å²) in [7, 11) is 0. The van der Waals surface area contributed by atoms with Gasteiger partial charge in [0.15, 0.2) is 5.13 Å². The van der Waals surface area contributed by atoms with Gasteiger partial charge >= 0.3 is 0 Å². The highest BCUT2D eigenvalue weighted by Crippen LogP contribution is 2.26. The number of likely N-dealkylation sites (tertiary alicyclic amines) is 1. The second-order valence-corrected chi connectivity index (χ2v) is 6.24. The molecule has 0 spiro atoms. The molecule has 5 heteroatoms. The van der Waals surface area contributed by atoms with E-state index in [9.17, 15) is 0 Å². The monoisotopic (exact) mass is 303 g/mol. The lowest BCUT2D eigenvalue weighted by molar-refractivity contribution is 0.183. The molecule has 0 unspecified atom stereocenters. The van der Waals surface area contributed by atoms with Crippen molar-refractivity contribution in [1.82, 2.24) is 9.88 Å². The van der Waals surface area contributed by atoms with Crippen molar-refractivity contribution in [2.75, 3.05) is 32.0 Å². The number of benzene rings is 1. The number of nitrogen functional groups attached to an aromatic ring is 1. The van der Waals surface area contributed by atoms with Crippen LogP contribution in [0, 0.1) is 0 Å². The van der Waals surface area contributed by atoms with Gasteiger partial charge in [-0.05, 0) is 38.1 Å². The molecule has 4 nitrogen and oxygen atoms in total. The number of ether oxygens (including phenoxy) is 1. The lowest BCUT2D eigenvalue weighted by Gasteiger charge is -2.26. The molecule has 0 aliphatic carbocycles. The molecule has 2 N–H and O–H groups in total. The molecule has 112 valence electrons. The van der Waals surface area contributed by atoms with Crippen LogP contribution in [0.3, 0.4) is 0 Å². The van der Waals surface area contributed by atoms with Crippen molar-refractivity contribution in [3.8, 4) is 17.0 Å². The van der Waals surface area contributed by atoms with Crippen molar-refractivity contribution in [1.29, 1.82) is 0 Å². The molecule has 1 aliphatic heterocycles. The topological polar surface area (TPSA) is 51.4 Å². The summed E-state index contributed by atoms with van der Waals surface area (Å²) in [5.41, 5.74) is 7.66. The summed E-state index contributed by atoms with van der Waals surface area (Å²) < 4.78 is 5.88. The number of nitrogens with zero attached hydrogens (tertiary/aromatic N) is 2. The Kier molecular flexibility index (Phi) is 4.72. The predicted octanol–water partition coefficient (Wildman–Crippen LogP) is 3.26. The maximum Gasteiger partial charge on any atom is 0.180 e. The standard InChI is InChI=1S/C16H21N3OS/c17-16-18-15(12-21-16)13-5-4-6-14(11-13)20-10-9-19-7-2-1-3-8-19/h4-6,11-12H,1-3,7-10H2,(H2,17,18). The number of nitrogens with two attached hydrogens (primary N) is 1. The van der Waals surface area contributed by atoms with Gasteiger partial charge in [-0.15, -0.1) is 11.3 Å². The van der Waals surface area contributed by atoms with E-state index >= 15 is 0 Å². The van der Waals surface area contributed by atoms with Gasteiger partial charge in [0.1, 0.15) is 12.4 Å². The summed E-state index contributed by atoms with van der Waals surface area (Å²) in [5.74, 6) is 0.899. The van der Waals surface area contributed by atoms with E-state index in [1.165, 1.54) is 43.7 Å². The van der Waals surface area contributed by atoms with Gasteiger partial charge in [-0.1, -0.05) is 18.6 Å². The highest BCUT2D eigenvalue weighted by molar-refractivity contribution is 7.13. The molecule has 21 heavy (non-hydrogen) atoms. The van der Waals surface area contributed by atoms with Gasteiger partial charge in [-0.2, -0.15) is 0 Å². The maximum absolute atomic E-state index is 5.88. The van der Waals surface area contributed by atoms with Gasteiger partial charge in [0.05, 0.1) is 5.69 Å². The van der Waals surface area contributed by atoms with Crippen molar-refractivity contribution in [3.63, 3.8) is 0 Å². The fraction of sp³-hybridized carbons (Fsp3) is 0.438. The Balaban J connectivity index is 1.56. The van der Waals surface area contributed by atoms with Gasteiger partial charge in [0.25, 0.3) is 0 Å². The summed E-state index contributed by atoms with van der Waals surface area (Å²) in [6, 6.07) is 8.06. The summed E-state index contributed by atoms with van der Waals surface area (Å²) in [4.78, 5) is 6.79. The van der Waals surface area contributed by atoms with Crippen LogP contribution in [0.15, 0.2) is 29.6 Å². The first-order valence-electron chi connectivity index (χ1n) is 7.48. The van der Waals surface area contributed by atoms with Gasteiger partial charge in [0.2, 0.25) is 0 Å². The number of piperidine rings is 1. The Morgan fingerprint density at radius 2 is 2.10 bits per heavy atom. The third-order valence-electron chi connectivity index (χ3n) is 3.78. The third kappa shape index (κ3) is 3.95. The largest absolute Gasteiger partial charge is 0.492 e. The van der Waals surface area contributed by atoms with Crippen LogP contribution in [-0.4, -0.2) is 36.1 Å². The highest BCUT2D eigenvalue weighted by atomic mass is 32.1. The van der Waals surface area contributed by atoms with Crippen molar-refractivity contribution in [3.05, 3.63) is 29.6 Å². The van der Waals surface area contributed by atoms with Crippen LogP contribution >= 0.6 is 11.3 Å². The number of rotatable bonds is 5. The molecule has 1 fully saturated rings. The Morgan fingerprint density at radius 3 is 2.86 bits per heavy atom. The molecule has 1 aliphatic rings. The number of hydrogen-bond acceptors (Lipinski definition) is 5. The van der Waals surface area contributed by atoms with E-state index in [2.05, 4.69) is 9.88 Å². The molecule has 1 saturated heterocycles. The summed E-state index contributed by atoms with van der Waals surface area (Å²) in [6.07, 6.45) is 4.01. The maximum atomic E-state index is 5.88. The molecular weight excluding hydrogens is 282 g/mol. The van der Waals surface area contributed by atoms with Crippen molar-refractivity contribution in [2.24, 2.45) is 0 Å². The normalized spacial score (nSPS) is 16.0. The highest BCUT2D eigenvalue weighted by Gasteiger charge is 2.09. The van der Waals surface area contributed by atoms with Crippen LogP contribution in [0.4, 0.5) is 5.13 Å². The minimum absolute atomic E-state index is 0.599. The van der Waals surface area contributed by atoms with Gasteiger partial charge in [-0.3, -0.25) is 4.90 Å². The van der Waals surface area contributed by atoms with E-state index in [0.717, 1.165) is 30.2 Å². The molecule has 0 radical (unpaired) electrons. The molecule has 0 atom stereocenters. The second-order valence-electron chi connectivity index (χ2n) is 5.35. The number of hydrogen-bond donors (Lipinski definition) is 1. The van der Waals surface area contributed by atoms with E-state index in [1.54, 1.807) is 0 Å². The number of thiazole rings is 1. The van der Waals surface area contributed by atoms with Crippen LogP contribution < -0.4 is 10.5 Å². The molecule has 2 heterocycles. The van der Waals surface area contributed by atoms with Crippen LogP contribution in [0.1, 0.15) is 19.3 Å². The molecule has 0 saturated carbocycles. The first kappa shape index (κ1) is 14.4. The van der Waals surface area contributed by atoms with Crippen molar-refractivity contribution in [2.45, 2.75) is 19.3 Å². The van der Waals surface area contributed by atoms with E-state index in [0.29, 0.717) is 5.13 Å². The lowest BCUT2D eigenvalue weighted by Crippen LogP contribution is -2.33. The van der Waals surface area contributed by atoms with Crippen LogP contribution in [-0.2, 0) is 0 Å². The predicted molar refractivity (Wildman–Crippen MR) is 87.7 cm³/mol. The fourth-order valence-electron chi connectivity index (χ4n) is 2.64. The molecular formula is C16H21N3OS. The first-order valence-corrected chi connectivity index (χ1v) is 8.36. The van der Waals surface area contributed by atoms with Gasteiger partial charge in [-0.25, -0.2) is 4.98 Å². The fourth-order valence-corrected chi connectivity index (χ4v) is 3.21. The zero-order valence-electron chi connectivity index (χ0n) is 12.1. The van der Waals surface area contributed by atoms with E-state index in [4.69, 9.17) is 10.5 Å². The van der Waals surface area contributed by atoms with Crippen LogP contribution in [0.5, 0.6) is 5.75 Å². The average molecular weight is 303 g/mol. The SMILES string of the molecule is Nc1nc(-c2cccc(OCCN3CCCCC3)c2)cs1. The minimum Gasteiger partial charge on any atom is -0.492 e. The Labute approximate surface area is 129 Å². The molecule has 1 aromatic carbocycles. The lowest BCUT2D eigenvalue weighted by atomic mass is 10.1. The van der Waals surface area contributed by atoms with Crippen molar-refractivity contribution >= 4 is 16.5 Å². The van der Waals surface area contributed by atoms with E-state index in [1.807, 2.05) is 29.6 Å². The van der Waals surface area contributed by atoms with Crippen LogP contribution in [0.25, 0.3) is 11.3 Å². The van der Waals surface area contributed by atoms with Gasteiger partial charge < -0.3 is 10.5 Å². The molecule has 3 rings (SSSR count). The molecule has 1 aromatic heterocycles. The zero-order valence-corrected chi connectivity index (χ0v) is 12.9. The van der Waals surface area contributed by atoms with Crippen molar-refractivity contribution < 1.29 is 4.74 Å². The van der Waals surface area contributed by atoms with E-state index in [-0.39, 0.29) is 0 Å². The first-order chi connectivity index (χ1) is 10.3. The molecule has 2 aromatic rings. The molecule has 0 bridgehead atoms. The Hall–Kier alpha value is -1.59. The Morgan fingerprint density at radius 1 is 1.24 bits per heavy atom. The van der Waals surface area contributed by atoms with Crippen LogP contribution in [0.2, 0.25) is 0 Å². The van der Waals surface area contributed by atoms with E-state index < -0.39 is 0 Å². The zero-order chi connectivity index (χ0) is 14.5. The quantitative estimate of drug-likeness (QED) is 0.921. The molecule has 0 amide bonds. The smallest absolute Gasteiger partial charge is 0.180 e. The number of anilines is 1. The minimum atomic E-state index is 0.599. The van der Waals surface area contributed by atoms with Gasteiger partial charge in [0, 0.05) is 17.5 Å². The Bertz CT molecular complexity index is 578.